The lowest BCUT2D eigenvalue weighted by Crippen LogP contribution is -2.30. The Bertz CT molecular complexity index is 206. The lowest BCUT2D eigenvalue weighted by Gasteiger charge is -2.25. The first-order valence-electron chi connectivity index (χ1n) is 5.74. The predicted octanol–water partition coefficient (Wildman–Crippen LogP) is 1.74. The first-order chi connectivity index (χ1) is 7.45. The minimum absolute atomic E-state index is 0.125. The molecule has 0 aromatic carbocycles. The van der Waals surface area contributed by atoms with Crippen molar-refractivity contribution in [2.45, 2.75) is 38.9 Å². The number of carbonyl (C=O) groups excluding carboxylic acids is 1. The van der Waals surface area contributed by atoms with Crippen molar-refractivity contribution >= 4 is 17.7 Å². The summed E-state index contributed by atoms with van der Waals surface area (Å²) in [7, 11) is 0. The van der Waals surface area contributed by atoms with Crippen LogP contribution in [0.4, 0.5) is 0 Å². The van der Waals surface area contributed by atoms with Gasteiger partial charge in [0.2, 0.25) is 5.91 Å². The zero-order valence-corrected chi connectivity index (χ0v) is 11.6. The number of nitrogens with zero attached hydrogens (tertiary/aromatic N) is 1. The Balaban J connectivity index is 3.85. The van der Waals surface area contributed by atoms with Crippen LogP contribution < -0.4 is 5.48 Å². The molecule has 0 heterocycles. The number of carbonyl (C=O) groups is 1. The number of rotatable bonds is 8. The topological polar surface area (TPSA) is 52.6 Å². The summed E-state index contributed by atoms with van der Waals surface area (Å²) in [6.45, 7) is 11.5. The van der Waals surface area contributed by atoms with Crippen LogP contribution in [0.3, 0.4) is 0 Å². The molecular formula is C11H24N2O2S. The number of hydroxylamine groups is 1. The second-order valence-electron chi connectivity index (χ2n) is 4.35. The van der Waals surface area contributed by atoms with Gasteiger partial charge in [0.15, 0.2) is 0 Å². The zero-order valence-electron chi connectivity index (χ0n) is 10.7. The number of amides is 1. The molecule has 0 aliphatic rings. The molecule has 4 nitrogen and oxygen atoms in total. The summed E-state index contributed by atoms with van der Waals surface area (Å²) in [4.78, 5) is 13.4. The molecule has 96 valence electrons. The fourth-order valence-electron chi connectivity index (χ4n) is 1.47. The second-order valence-corrected chi connectivity index (χ2v) is 6.15. The van der Waals surface area contributed by atoms with Gasteiger partial charge in [-0.2, -0.15) is 11.8 Å². The van der Waals surface area contributed by atoms with Gasteiger partial charge in [-0.25, -0.2) is 5.48 Å². The highest BCUT2D eigenvalue weighted by Crippen LogP contribution is 2.27. The van der Waals surface area contributed by atoms with Crippen LogP contribution in [-0.4, -0.2) is 46.1 Å². The average Bonchev–Trinajstić information content (AvgIpc) is 2.23. The summed E-state index contributed by atoms with van der Waals surface area (Å²) in [5.41, 5.74) is 1.68. The van der Waals surface area contributed by atoms with E-state index in [1.54, 1.807) is 17.2 Å². The molecule has 2 N–H and O–H groups in total. The van der Waals surface area contributed by atoms with Crippen molar-refractivity contribution in [2.24, 2.45) is 0 Å². The van der Waals surface area contributed by atoms with Crippen LogP contribution in [0.25, 0.3) is 0 Å². The molecule has 0 atom stereocenters. The van der Waals surface area contributed by atoms with Crippen LogP contribution in [0.1, 0.15) is 34.1 Å². The van der Waals surface area contributed by atoms with E-state index in [0.717, 1.165) is 25.4 Å². The van der Waals surface area contributed by atoms with E-state index in [1.165, 1.54) is 0 Å². The van der Waals surface area contributed by atoms with Gasteiger partial charge in [-0.05, 0) is 13.1 Å². The summed E-state index contributed by atoms with van der Waals surface area (Å²) in [5, 5.41) is 8.47. The lowest BCUT2D eigenvalue weighted by atomic mass is 10.1. The maximum atomic E-state index is 11.1. The number of hydrogen-bond donors (Lipinski definition) is 2. The van der Waals surface area contributed by atoms with E-state index < -0.39 is 0 Å². The highest BCUT2D eigenvalue weighted by molar-refractivity contribution is 8.00. The fourth-order valence-corrected chi connectivity index (χ4v) is 2.60. The molecule has 0 fully saturated rings. The van der Waals surface area contributed by atoms with Crippen LogP contribution in [0, 0.1) is 0 Å². The van der Waals surface area contributed by atoms with Crippen molar-refractivity contribution in [3.8, 4) is 0 Å². The molecule has 0 spiro atoms. The highest BCUT2D eigenvalue weighted by atomic mass is 32.2. The number of hydrogen-bond acceptors (Lipinski definition) is 4. The van der Waals surface area contributed by atoms with Crippen molar-refractivity contribution in [2.75, 3.05) is 25.4 Å². The standard InChI is InChI=1S/C11H24N2O2S/c1-5-13(6-2)7-8-16-11(3,4)9-10(14)12-15/h15H,5-9H2,1-4H3,(H,12,14). The first-order valence-corrected chi connectivity index (χ1v) is 6.73. The molecule has 0 aliphatic heterocycles. The lowest BCUT2D eigenvalue weighted by molar-refractivity contribution is -0.129. The minimum atomic E-state index is -0.319. The van der Waals surface area contributed by atoms with E-state index in [1.807, 2.05) is 13.8 Å². The first kappa shape index (κ1) is 15.7. The van der Waals surface area contributed by atoms with Crippen molar-refractivity contribution in [1.29, 1.82) is 0 Å². The number of nitrogens with one attached hydrogen (secondary N) is 1. The van der Waals surface area contributed by atoms with E-state index in [2.05, 4.69) is 18.7 Å². The van der Waals surface area contributed by atoms with Gasteiger partial charge in [0, 0.05) is 23.5 Å². The van der Waals surface area contributed by atoms with Gasteiger partial charge in [-0.15, -0.1) is 0 Å². The molecule has 1 amide bonds. The summed E-state index contributed by atoms with van der Waals surface area (Å²) in [5.74, 6) is 0.688. The monoisotopic (exact) mass is 248 g/mol. The molecule has 5 heteroatoms. The van der Waals surface area contributed by atoms with E-state index in [-0.39, 0.29) is 10.7 Å². The molecule has 0 unspecified atom stereocenters. The third-order valence-electron chi connectivity index (χ3n) is 2.51. The Morgan fingerprint density at radius 2 is 1.94 bits per heavy atom. The summed E-state index contributed by atoms with van der Waals surface area (Å²) >= 11 is 1.77. The molecule has 0 aliphatic carbocycles. The van der Waals surface area contributed by atoms with Gasteiger partial charge in [-0.3, -0.25) is 10.0 Å². The van der Waals surface area contributed by atoms with Crippen molar-refractivity contribution in [3.63, 3.8) is 0 Å². The molecule has 0 saturated heterocycles. The second kappa shape index (κ2) is 7.92. The maximum Gasteiger partial charge on any atom is 0.244 e. The third kappa shape index (κ3) is 7.09. The molecule has 0 rings (SSSR count). The largest absolute Gasteiger partial charge is 0.303 e. The quantitative estimate of drug-likeness (QED) is 0.507. The molecule has 0 radical (unpaired) electrons. The van der Waals surface area contributed by atoms with E-state index in [9.17, 15) is 4.79 Å². The average molecular weight is 248 g/mol. The zero-order chi connectivity index (χ0) is 12.6. The molecule has 0 aromatic rings. The predicted molar refractivity (Wildman–Crippen MR) is 68.9 cm³/mol. The summed E-state index contributed by atoms with van der Waals surface area (Å²) in [6.07, 6.45) is 0.340. The van der Waals surface area contributed by atoms with Crippen LogP contribution in [0.2, 0.25) is 0 Å². The van der Waals surface area contributed by atoms with Gasteiger partial charge in [0.1, 0.15) is 0 Å². The van der Waals surface area contributed by atoms with Crippen LogP contribution >= 0.6 is 11.8 Å². The molecule has 0 saturated carbocycles. The fraction of sp³-hybridized carbons (Fsp3) is 0.909. The smallest absolute Gasteiger partial charge is 0.244 e. The molecule has 16 heavy (non-hydrogen) atoms. The SMILES string of the molecule is CCN(CC)CCSC(C)(C)CC(=O)NO. The summed E-state index contributed by atoms with van der Waals surface area (Å²) < 4.78 is -0.125. The number of thioether (sulfide) groups is 1. The third-order valence-corrected chi connectivity index (χ3v) is 3.82. The van der Waals surface area contributed by atoms with Gasteiger partial charge < -0.3 is 4.90 Å². The minimum Gasteiger partial charge on any atom is -0.303 e. The van der Waals surface area contributed by atoms with E-state index >= 15 is 0 Å². The molecule has 0 aromatic heterocycles. The Kier molecular flexibility index (Phi) is 7.80. The molecule has 0 bridgehead atoms. The molecular weight excluding hydrogens is 224 g/mol. The maximum absolute atomic E-state index is 11.1. The van der Waals surface area contributed by atoms with Gasteiger partial charge in [-0.1, -0.05) is 27.7 Å². The highest BCUT2D eigenvalue weighted by Gasteiger charge is 2.22. The Hall–Kier alpha value is -0.260. The van der Waals surface area contributed by atoms with Crippen LogP contribution in [0.15, 0.2) is 0 Å². The van der Waals surface area contributed by atoms with Crippen LogP contribution in [-0.2, 0) is 4.79 Å². The normalized spacial score (nSPS) is 11.9. The van der Waals surface area contributed by atoms with Gasteiger partial charge in [0.25, 0.3) is 0 Å². The Morgan fingerprint density at radius 3 is 2.38 bits per heavy atom. The van der Waals surface area contributed by atoms with Crippen LogP contribution in [0.5, 0.6) is 0 Å². The van der Waals surface area contributed by atoms with Crippen molar-refractivity contribution in [3.05, 3.63) is 0 Å². The van der Waals surface area contributed by atoms with E-state index in [4.69, 9.17) is 5.21 Å². The Morgan fingerprint density at radius 1 is 1.38 bits per heavy atom. The van der Waals surface area contributed by atoms with Crippen molar-refractivity contribution < 1.29 is 10.0 Å². The van der Waals surface area contributed by atoms with Crippen molar-refractivity contribution in [1.82, 2.24) is 10.4 Å². The Labute approximate surface area is 103 Å². The van der Waals surface area contributed by atoms with Gasteiger partial charge in [0.05, 0.1) is 0 Å². The van der Waals surface area contributed by atoms with Gasteiger partial charge >= 0.3 is 0 Å². The summed E-state index contributed by atoms with van der Waals surface area (Å²) in [6, 6.07) is 0. The van der Waals surface area contributed by atoms with E-state index in [0.29, 0.717) is 6.42 Å².